The van der Waals surface area contributed by atoms with Gasteiger partial charge in [0.15, 0.2) is 0 Å². The van der Waals surface area contributed by atoms with Gasteiger partial charge in [0, 0.05) is 17.9 Å². The van der Waals surface area contributed by atoms with Gasteiger partial charge in [-0.1, -0.05) is 0 Å². The summed E-state index contributed by atoms with van der Waals surface area (Å²) in [6, 6.07) is 7.27. The van der Waals surface area contributed by atoms with E-state index in [0.29, 0.717) is 11.5 Å². The molecule has 27 heavy (non-hydrogen) atoms. The second kappa shape index (κ2) is 10.7. The van der Waals surface area contributed by atoms with Gasteiger partial charge in [0.25, 0.3) is 0 Å². The third-order valence-corrected chi connectivity index (χ3v) is 10.4. The molecule has 4 nitrogen and oxygen atoms in total. The van der Waals surface area contributed by atoms with Crippen LogP contribution in [0.3, 0.4) is 0 Å². The molecular formula is C17H14Br6O4. The first-order valence-electron chi connectivity index (χ1n) is 7.49. The first-order valence-corrected chi connectivity index (χ1v) is 12.2. The van der Waals surface area contributed by atoms with Crippen LogP contribution in [0.15, 0.2) is 51.1 Å². The van der Waals surface area contributed by atoms with Crippen molar-refractivity contribution in [1.82, 2.24) is 0 Å². The van der Waals surface area contributed by atoms with E-state index < -0.39 is 5.41 Å². The molecule has 0 fully saturated rings. The van der Waals surface area contributed by atoms with Gasteiger partial charge in [-0.05, 0) is 120 Å². The third kappa shape index (κ3) is 5.93. The Kier molecular flexibility index (Phi) is 9.60. The molecule has 0 saturated heterocycles. The zero-order valence-corrected chi connectivity index (χ0v) is 23.1. The predicted molar refractivity (Wildman–Crippen MR) is 127 cm³/mol. The van der Waals surface area contributed by atoms with Crippen LogP contribution in [-0.2, 0) is 0 Å². The molecule has 0 unspecified atom stereocenters. The number of halogens is 6. The number of hydrogen-bond donors (Lipinski definition) is 2. The Labute approximate surface area is 207 Å². The summed E-state index contributed by atoms with van der Waals surface area (Å²) in [5.41, 5.74) is -0.974. The van der Waals surface area contributed by atoms with Crippen LogP contribution in [0.4, 0.5) is 0 Å². The van der Waals surface area contributed by atoms with E-state index in [1.165, 1.54) is 0 Å². The number of rotatable bonds is 8. The van der Waals surface area contributed by atoms with Crippen molar-refractivity contribution in [2.75, 3.05) is 26.4 Å². The molecule has 0 spiro atoms. The zero-order valence-electron chi connectivity index (χ0n) is 13.6. The Balaban J connectivity index is 2.13. The molecule has 0 saturated carbocycles. The van der Waals surface area contributed by atoms with Crippen LogP contribution in [0.25, 0.3) is 0 Å². The molecule has 0 heterocycles. The second-order valence-corrected chi connectivity index (χ2v) is 10.6. The summed E-state index contributed by atoms with van der Waals surface area (Å²) in [4.78, 5) is 0. The van der Waals surface area contributed by atoms with Crippen LogP contribution in [0.2, 0.25) is 0 Å². The van der Waals surface area contributed by atoms with Crippen LogP contribution < -0.4 is 9.47 Å². The highest BCUT2D eigenvalue weighted by molar-refractivity contribution is 9.15. The molecule has 0 atom stereocenters. The van der Waals surface area contributed by atoms with Crippen molar-refractivity contribution in [3.63, 3.8) is 0 Å². The summed E-state index contributed by atoms with van der Waals surface area (Å²) >= 11 is 20.7. The lowest BCUT2D eigenvalue weighted by Gasteiger charge is -2.30. The molecule has 0 aromatic heterocycles. The normalized spacial score (nSPS) is 11.6. The van der Waals surface area contributed by atoms with Crippen molar-refractivity contribution in [2.24, 2.45) is 5.41 Å². The monoisotopic (exact) mass is 756 g/mol. The molecular weight excluding hydrogens is 748 g/mol. The predicted octanol–water partition coefficient (Wildman–Crippen LogP) is 6.69. The van der Waals surface area contributed by atoms with Crippen molar-refractivity contribution in [2.45, 2.75) is 0 Å². The van der Waals surface area contributed by atoms with Crippen molar-refractivity contribution >= 4 is 95.6 Å². The average molecular weight is 762 g/mol. The van der Waals surface area contributed by atoms with Gasteiger partial charge >= 0.3 is 0 Å². The van der Waals surface area contributed by atoms with Crippen molar-refractivity contribution in [3.05, 3.63) is 51.1 Å². The molecule has 0 aliphatic carbocycles. The van der Waals surface area contributed by atoms with E-state index in [1.807, 2.05) is 12.1 Å². The van der Waals surface area contributed by atoms with Gasteiger partial charge in [0.2, 0.25) is 0 Å². The van der Waals surface area contributed by atoms with E-state index in [1.54, 1.807) is 12.1 Å². The van der Waals surface area contributed by atoms with E-state index >= 15 is 0 Å². The smallest absolute Gasteiger partial charge is 0.134 e. The molecule has 2 N–H and O–H groups in total. The maximum absolute atomic E-state index is 9.89. The van der Waals surface area contributed by atoms with Crippen LogP contribution in [0.1, 0.15) is 0 Å². The number of hydrogen-bond acceptors (Lipinski definition) is 4. The fourth-order valence-corrected chi connectivity index (χ4v) is 4.74. The molecule has 0 bridgehead atoms. The molecule has 0 aliphatic rings. The number of ether oxygens (including phenoxy) is 2. The van der Waals surface area contributed by atoms with E-state index in [0.717, 1.165) is 26.8 Å². The van der Waals surface area contributed by atoms with Crippen molar-refractivity contribution in [3.8, 4) is 11.5 Å². The van der Waals surface area contributed by atoms with E-state index in [9.17, 15) is 10.2 Å². The zero-order chi connectivity index (χ0) is 20.2. The molecule has 0 amide bonds. The minimum absolute atomic E-state index is 0.0714. The van der Waals surface area contributed by atoms with Gasteiger partial charge in [-0.2, -0.15) is 0 Å². The number of aliphatic hydroxyl groups is 2. The van der Waals surface area contributed by atoms with E-state index in [2.05, 4.69) is 95.6 Å². The average Bonchev–Trinajstić information content (AvgIpc) is 2.67. The van der Waals surface area contributed by atoms with Gasteiger partial charge in [-0.25, -0.2) is 0 Å². The Morgan fingerprint density at radius 2 is 1.00 bits per heavy atom. The molecule has 2 rings (SSSR count). The van der Waals surface area contributed by atoms with Gasteiger partial charge in [-0.3, -0.25) is 0 Å². The lowest BCUT2D eigenvalue weighted by Crippen LogP contribution is -2.42. The van der Waals surface area contributed by atoms with E-state index in [4.69, 9.17) is 9.47 Å². The van der Waals surface area contributed by atoms with E-state index in [-0.39, 0.29) is 26.4 Å². The summed E-state index contributed by atoms with van der Waals surface area (Å²) in [5, 5.41) is 19.8. The highest BCUT2D eigenvalue weighted by atomic mass is 79.9. The van der Waals surface area contributed by atoms with Crippen LogP contribution in [-0.4, -0.2) is 36.6 Å². The lowest BCUT2D eigenvalue weighted by molar-refractivity contribution is -0.0190. The fourth-order valence-electron chi connectivity index (χ4n) is 1.98. The maximum Gasteiger partial charge on any atom is 0.134 e. The minimum Gasteiger partial charge on any atom is -0.491 e. The molecule has 2 aromatic rings. The Hall–Kier alpha value is 0.840. The third-order valence-electron chi connectivity index (χ3n) is 3.74. The molecule has 0 aliphatic heterocycles. The van der Waals surface area contributed by atoms with Crippen LogP contribution in [0, 0.1) is 5.41 Å². The van der Waals surface area contributed by atoms with Gasteiger partial charge in [0.05, 0.1) is 27.6 Å². The Morgan fingerprint density at radius 3 is 1.33 bits per heavy atom. The Morgan fingerprint density at radius 1 is 0.630 bits per heavy atom. The topological polar surface area (TPSA) is 58.9 Å². The standard InChI is InChI=1S/C17H14Br6O4/c18-9-1-3-11(15(22)13(9)20)26-7-17(5-24,6-25)8-27-12-4-2-10(19)14(21)16(12)23/h1-4,24-25H,5-8H2. The summed E-state index contributed by atoms with van der Waals surface area (Å²) in [5.74, 6) is 1.17. The maximum atomic E-state index is 9.89. The fraction of sp³-hybridized carbons (Fsp3) is 0.294. The quantitative estimate of drug-likeness (QED) is 0.295. The highest BCUT2D eigenvalue weighted by Gasteiger charge is 2.32. The first kappa shape index (κ1) is 24.1. The van der Waals surface area contributed by atoms with Gasteiger partial charge in [-0.15, -0.1) is 0 Å². The number of aliphatic hydroxyl groups excluding tert-OH is 2. The molecule has 10 heteroatoms. The number of benzene rings is 2. The van der Waals surface area contributed by atoms with Crippen molar-refractivity contribution < 1.29 is 19.7 Å². The summed E-state index contributed by atoms with van der Waals surface area (Å²) in [7, 11) is 0. The SMILES string of the molecule is OCC(CO)(COc1ccc(Br)c(Br)c1Br)COc1ccc(Br)c(Br)c1Br. The molecule has 0 radical (unpaired) electrons. The Bertz CT molecular complexity index is 747. The summed E-state index contributed by atoms with van der Waals surface area (Å²) in [6.45, 7) is -0.452. The van der Waals surface area contributed by atoms with Gasteiger partial charge in [0.1, 0.15) is 24.7 Å². The van der Waals surface area contributed by atoms with Crippen LogP contribution in [0.5, 0.6) is 11.5 Å². The van der Waals surface area contributed by atoms with Crippen molar-refractivity contribution in [1.29, 1.82) is 0 Å². The molecule has 2 aromatic carbocycles. The minimum atomic E-state index is -0.974. The second-order valence-electron chi connectivity index (χ2n) is 5.74. The largest absolute Gasteiger partial charge is 0.491 e. The summed E-state index contributed by atoms with van der Waals surface area (Å²) in [6.07, 6.45) is 0. The summed E-state index contributed by atoms with van der Waals surface area (Å²) < 4.78 is 16.6. The van der Waals surface area contributed by atoms with Crippen LogP contribution >= 0.6 is 95.6 Å². The molecule has 148 valence electrons. The highest BCUT2D eigenvalue weighted by Crippen LogP contribution is 2.40. The van der Waals surface area contributed by atoms with Gasteiger partial charge < -0.3 is 19.7 Å². The first-order chi connectivity index (χ1) is 12.7. The lowest BCUT2D eigenvalue weighted by atomic mass is 9.92.